The first-order valence-corrected chi connectivity index (χ1v) is 14.0. The van der Waals surface area contributed by atoms with E-state index in [1.165, 1.54) is 0 Å². The second-order valence-electron chi connectivity index (χ2n) is 9.27. The standard InChI is InChI=1S/C23H46N8O5S/c1-14(2)13-18(22(35)36)31-21(34)17(8-6-11-28-23(26)27)30-20(33)16(7-4-5-10-24)29-19(32)15(25)9-12-37-3/h14-18H,4-13,24-25H2,1-3H3,(H,29,32)(H,30,33)(H,31,34)(H,35,36)(H4,26,27,28). The van der Waals surface area contributed by atoms with Gasteiger partial charge in [0.25, 0.3) is 0 Å². The van der Waals surface area contributed by atoms with Crippen LogP contribution in [0.1, 0.15) is 58.8 Å². The second kappa shape index (κ2) is 19.5. The zero-order valence-corrected chi connectivity index (χ0v) is 23.0. The molecule has 0 aromatic carbocycles. The molecule has 4 atom stereocenters. The Balaban J connectivity index is 5.61. The molecular weight excluding hydrogens is 500 g/mol. The number of hydrogen-bond donors (Lipinski definition) is 8. The van der Waals surface area contributed by atoms with Gasteiger partial charge < -0.3 is 44.0 Å². The highest BCUT2D eigenvalue weighted by molar-refractivity contribution is 7.98. The average molecular weight is 547 g/mol. The predicted molar refractivity (Wildman–Crippen MR) is 147 cm³/mol. The minimum atomic E-state index is -1.17. The highest BCUT2D eigenvalue weighted by atomic mass is 32.2. The van der Waals surface area contributed by atoms with Crippen LogP contribution in [-0.2, 0) is 19.2 Å². The number of carboxylic acid groups (broad SMARTS) is 1. The highest BCUT2D eigenvalue weighted by Gasteiger charge is 2.30. The van der Waals surface area contributed by atoms with Crippen LogP contribution in [0, 0.1) is 5.92 Å². The molecule has 12 N–H and O–H groups in total. The molecule has 0 rings (SSSR count). The van der Waals surface area contributed by atoms with Gasteiger partial charge in [-0.1, -0.05) is 13.8 Å². The van der Waals surface area contributed by atoms with Crippen LogP contribution in [-0.4, -0.2) is 84.0 Å². The maximum atomic E-state index is 13.2. The molecule has 0 radical (unpaired) electrons. The fourth-order valence-corrected chi connectivity index (χ4v) is 3.92. The number of carboxylic acids is 1. The monoisotopic (exact) mass is 546 g/mol. The number of unbranched alkanes of at least 4 members (excludes halogenated alkanes) is 1. The highest BCUT2D eigenvalue weighted by Crippen LogP contribution is 2.09. The minimum absolute atomic E-state index is 0.0220. The summed E-state index contributed by atoms with van der Waals surface area (Å²) in [6, 6.07) is -3.88. The Morgan fingerprint density at radius 3 is 1.89 bits per heavy atom. The fourth-order valence-electron chi connectivity index (χ4n) is 3.43. The van der Waals surface area contributed by atoms with E-state index in [9.17, 15) is 24.3 Å². The number of nitrogens with zero attached hydrogens (tertiary/aromatic N) is 1. The molecule has 4 unspecified atom stereocenters. The van der Waals surface area contributed by atoms with Crippen LogP contribution in [0.3, 0.4) is 0 Å². The third-order valence-electron chi connectivity index (χ3n) is 5.45. The normalized spacial score (nSPS) is 14.2. The van der Waals surface area contributed by atoms with Gasteiger partial charge >= 0.3 is 5.97 Å². The SMILES string of the molecule is CSCCC(N)C(=O)NC(CCCCN)C(=O)NC(CCCN=C(N)N)C(=O)NC(CC(C)C)C(=O)O. The number of thioether (sulfide) groups is 1. The van der Waals surface area contributed by atoms with E-state index in [1.54, 1.807) is 11.8 Å². The molecule has 0 saturated heterocycles. The smallest absolute Gasteiger partial charge is 0.326 e. The van der Waals surface area contributed by atoms with Crippen molar-refractivity contribution in [2.45, 2.75) is 83.0 Å². The summed E-state index contributed by atoms with van der Waals surface area (Å²) in [6.07, 6.45) is 4.61. The number of nitrogens with one attached hydrogen (secondary N) is 3. The number of aliphatic imine (C=N–C) groups is 1. The molecule has 3 amide bonds. The van der Waals surface area contributed by atoms with Crippen LogP contribution >= 0.6 is 11.8 Å². The molecule has 0 aliphatic carbocycles. The Hall–Kier alpha value is -2.58. The molecule has 0 heterocycles. The quantitative estimate of drug-likeness (QED) is 0.0517. The van der Waals surface area contributed by atoms with Crippen LogP contribution in [0.15, 0.2) is 4.99 Å². The summed E-state index contributed by atoms with van der Waals surface area (Å²) in [7, 11) is 0. The summed E-state index contributed by atoms with van der Waals surface area (Å²) < 4.78 is 0. The van der Waals surface area contributed by atoms with Crippen molar-refractivity contribution in [3.05, 3.63) is 0 Å². The molecule has 14 heteroatoms. The molecule has 13 nitrogen and oxygen atoms in total. The molecule has 0 saturated carbocycles. The third-order valence-corrected chi connectivity index (χ3v) is 6.09. The van der Waals surface area contributed by atoms with Gasteiger partial charge in [-0.3, -0.25) is 19.4 Å². The largest absolute Gasteiger partial charge is 0.480 e. The number of nitrogens with two attached hydrogens (primary N) is 4. The number of amides is 3. The first-order chi connectivity index (χ1) is 17.4. The number of guanidine groups is 1. The van der Waals surface area contributed by atoms with Crippen LogP contribution in [0.25, 0.3) is 0 Å². The number of rotatable bonds is 20. The summed E-state index contributed by atoms with van der Waals surface area (Å²) in [5.74, 6) is -2.23. The summed E-state index contributed by atoms with van der Waals surface area (Å²) in [4.78, 5) is 54.3. The summed E-state index contributed by atoms with van der Waals surface area (Å²) in [5, 5.41) is 17.4. The van der Waals surface area contributed by atoms with E-state index in [2.05, 4.69) is 20.9 Å². The minimum Gasteiger partial charge on any atom is -0.480 e. The topological polar surface area (TPSA) is 241 Å². The Bertz CT molecular complexity index is 749. The molecule has 0 bridgehead atoms. The first kappa shape index (κ1) is 34.4. The van der Waals surface area contributed by atoms with Gasteiger partial charge in [0.2, 0.25) is 17.7 Å². The van der Waals surface area contributed by atoms with Crippen LogP contribution in [0.4, 0.5) is 0 Å². The van der Waals surface area contributed by atoms with Gasteiger partial charge in [0.15, 0.2) is 5.96 Å². The van der Waals surface area contributed by atoms with E-state index in [-0.39, 0.29) is 31.3 Å². The third kappa shape index (κ3) is 16.0. The lowest BCUT2D eigenvalue weighted by molar-refractivity contribution is -0.142. The van der Waals surface area contributed by atoms with Gasteiger partial charge in [-0.25, -0.2) is 4.79 Å². The van der Waals surface area contributed by atoms with E-state index in [1.807, 2.05) is 20.1 Å². The van der Waals surface area contributed by atoms with Gasteiger partial charge in [0.05, 0.1) is 6.04 Å². The van der Waals surface area contributed by atoms with Crippen molar-refractivity contribution < 1.29 is 24.3 Å². The van der Waals surface area contributed by atoms with Gasteiger partial charge in [-0.05, 0) is 69.4 Å². The zero-order valence-electron chi connectivity index (χ0n) is 22.2. The molecule has 214 valence electrons. The molecule has 0 aliphatic rings. The summed E-state index contributed by atoms with van der Waals surface area (Å²) >= 11 is 1.56. The molecule has 0 aromatic heterocycles. The first-order valence-electron chi connectivity index (χ1n) is 12.6. The van der Waals surface area contributed by atoms with Crippen molar-refractivity contribution in [3.8, 4) is 0 Å². The van der Waals surface area contributed by atoms with Crippen molar-refractivity contribution in [2.75, 3.05) is 25.1 Å². The lowest BCUT2D eigenvalue weighted by atomic mass is 10.0. The molecule has 0 aliphatic heterocycles. The average Bonchev–Trinajstić information content (AvgIpc) is 2.82. The van der Waals surface area contributed by atoms with Crippen molar-refractivity contribution in [1.82, 2.24) is 16.0 Å². The number of aliphatic carboxylic acids is 1. The Morgan fingerprint density at radius 1 is 0.865 bits per heavy atom. The van der Waals surface area contributed by atoms with Gasteiger partial charge in [-0.2, -0.15) is 11.8 Å². The lowest BCUT2D eigenvalue weighted by Gasteiger charge is -2.25. The number of hydrogen-bond acceptors (Lipinski definition) is 8. The van der Waals surface area contributed by atoms with Crippen LogP contribution in [0.5, 0.6) is 0 Å². The predicted octanol–water partition coefficient (Wildman–Crippen LogP) is -1.17. The van der Waals surface area contributed by atoms with E-state index in [0.717, 1.165) is 0 Å². The maximum absolute atomic E-state index is 13.2. The number of carbonyl (C=O) groups excluding carboxylic acids is 3. The van der Waals surface area contributed by atoms with Crippen molar-refractivity contribution in [1.29, 1.82) is 0 Å². The van der Waals surface area contributed by atoms with Crippen molar-refractivity contribution >= 4 is 41.4 Å². The van der Waals surface area contributed by atoms with Crippen LogP contribution in [0.2, 0.25) is 0 Å². The van der Waals surface area contributed by atoms with Crippen molar-refractivity contribution in [3.63, 3.8) is 0 Å². The Labute approximate surface area is 223 Å². The lowest BCUT2D eigenvalue weighted by Crippen LogP contribution is -2.57. The van der Waals surface area contributed by atoms with Gasteiger partial charge in [0.1, 0.15) is 18.1 Å². The van der Waals surface area contributed by atoms with E-state index >= 15 is 0 Å². The molecule has 0 fully saturated rings. The van der Waals surface area contributed by atoms with E-state index < -0.39 is 47.9 Å². The zero-order chi connectivity index (χ0) is 28.4. The summed E-state index contributed by atoms with van der Waals surface area (Å²) in [5.41, 5.74) is 22.2. The van der Waals surface area contributed by atoms with E-state index in [0.29, 0.717) is 44.4 Å². The Kier molecular flexibility index (Phi) is 18.2. The second-order valence-corrected chi connectivity index (χ2v) is 10.3. The van der Waals surface area contributed by atoms with E-state index in [4.69, 9.17) is 22.9 Å². The molecular formula is C23H46N8O5S. The van der Waals surface area contributed by atoms with Gasteiger partial charge in [-0.15, -0.1) is 0 Å². The fraction of sp³-hybridized carbons (Fsp3) is 0.783. The molecule has 0 aromatic rings. The Morgan fingerprint density at radius 2 is 1.41 bits per heavy atom. The van der Waals surface area contributed by atoms with Crippen LogP contribution < -0.4 is 38.9 Å². The summed E-state index contributed by atoms with van der Waals surface area (Å²) in [6.45, 7) is 4.33. The van der Waals surface area contributed by atoms with Crippen molar-refractivity contribution in [2.24, 2.45) is 33.8 Å². The number of carbonyl (C=O) groups is 4. The maximum Gasteiger partial charge on any atom is 0.326 e. The molecule has 37 heavy (non-hydrogen) atoms. The van der Waals surface area contributed by atoms with Gasteiger partial charge in [0, 0.05) is 6.54 Å². The molecule has 0 spiro atoms.